The Bertz CT molecular complexity index is 1600. The van der Waals surface area contributed by atoms with Gasteiger partial charge in [0.25, 0.3) is 0 Å². The van der Waals surface area contributed by atoms with Crippen LogP contribution in [0.25, 0.3) is 0 Å². The van der Waals surface area contributed by atoms with Crippen molar-refractivity contribution in [2.24, 2.45) is 0 Å². The van der Waals surface area contributed by atoms with E-state index in [0.29, 0.717) is 38.0 Å². The molecule has 3 atom stereocenters. The molecule has 5 N–H and O–H groups in total. The summed E-state index contributed by atoms with van der Waals surface area (Å²) in [5, 5.41) is 25.9. The van der Waals surface area contributed by atoms with Gasteiger partial charge in [0.15, 0.2) is 19.7 Å². The first kappa shape index (κ1) is 45.3. The van der Waals surface area contributed by atoms with Gasteiger partial charge in [0, 0.05) is 19.3 Å². The van der Waals surface area contributed by atoms with Gasteiger partial charge in [-0.15, -0.1) is 0 Å². The molecule has 18 heteroatoms. The van der Waals surface area contributed by atoms with Crippen molar-refractivity contribution in [1.82, 2.24) is 16.0 Å². The second-order valence-electron chi connectivity index (χ2n) is 11.9. The number of rotatable bonds is 20. The molecule has 2 amide bonds. The molecule has 288 valence electrons. The maximum absolute atomic E-state index is 13.6. The molecular weight excluding hydrogens is 720 g/mol. The predicted molar refractivity (Wildman–Crippen MR) is 186 cm³/mol. The molecule has 0 radical (unpaired) electrons. The van der Waals surface area contributed by atoms with Crippen molar-refractivity contribution in [1.29, 1.82) is 0 Å². The van der Waals surface area contributed by atoms with E-state index in [0.717, 1.165) is 17.4 Å². The van der Waals surface area contributed by atoms with Crippen LogP contribution in [0.3, 0.4) is 0 Å². The molecule has 0 bridgehead atoms. The number of sulfone groups is 2. The van der Waals surface area contributed by atoms with Crippen molar-refractivity contribution < 1.29 is 59.3 Å². The number of halogens is 3. The number of aliphatic hydroxyl groups excluding tert-OH is 1. The molecule has 2 aromatic rings. The Morgan fingerprint density at radius 1 is 0.902 bits per heavy atom. The largest absolute Gasteiger partial charge is 0.497 e. The highest BCUT2D eigenvalue weighted by molar-refractivity contribution is 7.92. The molecule has 2 aromatic carbocycles. The van der Waals surface area contributed by atoms with E-state index in [-0.39, 0.29) is 13.0 Å². The number of benzene rings is 2. The van der Waals surface area contributed by atoms with Gasteiger partial charge in [-0.1, -0.05) is 69.2 Å². The van der Waals surface area contributed by atoms with Gasteiger partial charge in [-0.05, 0) is 42.5 Å². The summed E-state index contributed by atoms with van der Waals surface area (Å²) in [6.45, 7) is 4.24. The minimum atomic E-state index is -5.08. The standard InChI is InChI=1S/C31H47N3O8S2.C2HF3O2/c1-5-11-26(12-6-2)44(40,41)21-28(33-30(36)22-43(4,38)39)31(37)34-27(18-23-13-8-7-9-14-23)29(35)20-32-19-24-15-10-16-25(17-24)42-3;3-2(4,5)1(6)7/h7-10,13-17,26-29,32,35H,5-6,11-12,18-22H2,1-4H3,(H,33,36)(H,34,37);(H,6,7)/t27-,28-,29+;/m0./s1. The summed E-state index contributed by atoms with van der Waals surface area (Å²) in [7, 11) is -6.02. The third-order valence-corrected chi connectivity index (χ3v) is 10.4. The normalized spacial score (nSPS) is 13.7. The Labute approximate surface area is 297 Å². The van der Waals surface area contributed by atoms with E-state index in [1.807, 2.05) is 68.4 Å². The maximum Gasteiger partial charge on any atom is 0.490 e. The van der Waals surface area contributed by atoms with E-state index in [1.165, 1.54) is 0 Å². The quantitative estimate of drug-likeness (QED) is 0.132. The Balaban J connectivity index is 0.00000167. The lowest BCUT2D eigenvalue weighted by atomic mass is 10.0. The number of carbonyl (C=O) groups is 3. The van der Waals surface area contributed by atoms with Crippen LogP contribution in [0.5, 0.6) is 5.75 Å². The van der Waals surface area contributed by atoms with Gasteiger partial charge >= 0.3 is 12.1 Å². The molecule has 51 heavy (non-hydrogen) atoms. The first-order chi connectivity index (χ1) is 23.7. The second-order valence-corrected chi connectivity index (χ2v) is 16.3. The monoisotopic (exact) mass is 767 g/mol. The van der Waals surface area contributed by atoms with Crippen LogP contribution in [0.4, 0.5) is 13.2 Å². The zero-order chi connectivity index (χ0) is 38.8. The third kappa shape index (κ3) is 18.4. The number of amides is 2. The number of ether oxygens (including phenoxy) is 1. The number of hydrogen-bond acceptors (Lipinski definition) is 10. The Morgan fingerprint density at radius 2 is 1.47 bits per heavy atom. The lowest BCUT2D eigenvalue weighted by molar-refractivity contribution is -0.192. The van der Waals surface area contributed by atoms with Crippen LogP contribution in [0.15, 0.2) is 54.6 Å². The molecule has 0 unspecified atom stereocenters. The average Bonchev–Trinajstić information content (AvgIpc) is 3.03. The van der Waals surface area contributed by atoms with Crippen LogP contribution in [0.1, 0.15) is 50.7 Å². The van der Waals surface area contributed by atoms with E-state index < -0.39 is 78.6 Å². The zero-order valence-electron chi connectivity index (χ0n) is 29.0. The van der Waals surface area contributed by atoms with Crippen molar-refractivity contribution in [3.63, 3.8) is 0 Å². The minimum Gasteiger partial charge on any atom is -0.497 e. The van der Waals surface area contributed by atoms with Crippen molar-refractivity contribution in [3.8, 4) is 5.75 Å². The van der Waals surface area contributed by atoms with E-state index in [1.54, 1.807) is 7.11 Å². The van der Waals surface area contributed by atoms with Crippen LogP contribution >= 0.6 is 0 Å². The average molecular weight is 768 g/mol. The molecule has 0 saturated heterocycles. The van der Waals surface area contributed by atoms with Gasteiger partial charge in [0.05, 0.1) is 30.3 Å². The molecular formula is C33H48F3N3O10S2. The minimum absolute atomic E-state index is 0.0907. The van der Waals surface area contributed by atoms with Crippen molar-refractivity contribution in [2.45, 2.75) is 82.1 Å². The van der Waals surface area contributed by atoms with Crippen molar-refractivity contribution in [3.05, 3.63) is 65.7 Å². The first-order valence-corrected chi connectivity index (χ1v) is 19.8. The fourth-order valence-electron chi connectivity index (χ4n) is 4.90. The lowest BCUT2D eigenvalue weighted by Crippen LogP contribution is -2.57. The maximum atomic E-state index is 13.6. The Kier molecular flexibility index (Phi) is 19.2. The van der Waals surface area contributed by atoms with E-state index in [9.17, 15) is 44.7 Å². The van der Waals surface area contributed by atoms with Gasteiger partial charge in [-0.25, -0.2) is 21.6 Å². The Hall–Kier alpha value is -3.74. The van der Waals surface area contributed by atoms with Crippen LogP contribution in [0.2, 0.25) is 0 Å². The smallest absolute Gasteiger partial charge is 0.490 e. The van der Waals surface area contributed by atoms with Crippen molar-refractivity contribution >= 4 is 37.5 Å². The number of carboxylic acid groups (broad SMARTS) is 1. The molecule has 0 aliphatic heterocycles. The summed E-state index contributed by atoms with van der Waals surface area (Å²) in [6, 6.07) is 14.2. The highest BCUT2D eigenvalue weighted by atomic mass is 32.2. The molecule has 0 fully saturated rings. The molecule has 0 aliphatic rings. The van der Waals surface area contributed by atoms with Crippen LogP contribution in [-0.4, -0.2) is 106 Å². The summed E-state index contributed by atoms with van der Waals surface area (Å²) < 4.78 is 87.3. The van der Waals surface area contributed by atoms with E-state index in [4.69, 9.17) is 14.6 Å². The number of methoxy groups -OCH3 is 1. The molecule has 0 aliphatic carbocycles. The summed E-state index contributed by atoms with van der Waals surface area (Å²) in [5.74, 6) is -5.46. The second kappa shape index (κ2) is 21.6. The van der Waals surface area contributed by atoms with E-state index >= 15 is 0 Å². The van der Waals surface area contributed by atoms with Gasteiger partial charge in [-0.3, -0.25) is 9.59 Å². The van der Waals surface area contributed by atoms with Crippen LogP contribution in [-0.2, 0) is 47.0 Å². The molecule has 13 nitrogen and oxygen atoms in total. The van der Waals surface area contributed by atoms with Gasteiger partial charge in [0.1, 0.15) is 17.5 Å². The third-order valence-electron chi connectivity index (χ3n) is 7.32. The number of aliphatic hydroxyl groups is 1. The molecule has 0 aromatic heterocycles. The van der Waals surface area contributed by atoms with Gasteiger partial charge in [0.2, 0.25) is 11.8 Å². The topological polar surface area (TPSA) is 205 Å². The lowest BCUT2D eigenvalue weighted by Gasteiger charge is -2.28. The van der Waals surface area contributed by atoms with Crippen LogP contribution < -0.4 is 20.7 Å². The SMILES string of the molecule is CCCC(CCC)S(=O)(=O)C[C@H](NC(=O)CS(C)(=O)=O)C(=O)N[C@@H](Cc1ccccc1)[C@H](O)CNCc1cccc(OC)c1.O=C(O)C(F)(F)F. The fourth-order valence-corrected chi connectivity index (χ4v) is 7.62. The summed E-state index contributed by atoms with van der Waals surface area (Å²) in [6.07, 6.45) is -3.04. The number of aliphatic carboxylic acids is 1. The highest BCUT2D eigenvalue weighted by Crippen LogP contribution is 2.18. The molecule has 2 rings (SSSR count). The number of carboxylic acids is 1. The van der Waals surface area contributed by atoms with Gasteiger partial charge < -0.3 is 30.9 Å². The Morgan fingerprint density at radius 3 is 1.98 bits per heavy atom. The summed E-state index contributed by atoms with van der Waals surface area (Å²) in [4.78, 5) is 35.1. The summed E-state index contributed by atoms with van der Waals surface area (Å²) in [5.41, 5.74) is 1.74. The van der Waals surface area contributed by atoms with E-state index in [2.05, 4.69) is 16.0 Å². The number of nitrogens with one attached hydrogen (secondary N) is 3. The highest BCUT2D eigenvalue weighted by Gasteiger charge is 2.38. The molecule has 0 spiro atoms. The zero-order valence-corrected chi connectivity index (χ0v) is 30.6. The fraction of sp³-hybridized carbons (Fsp3) is 0.545. The first-order valence-electron chi connectivity index (χ1n) is 16.1. The van der Waals surface area contributed by atoms with Gasteiger partial charge in [-0.2, -0.15) is 13.2 Å². The number of alkyl halides is 3. The van der Waals surface area contributed by atoms with Crippen LogP contribution in [0, 0.1) is 0 Å². The number of hydrogen-bond donors (Lipinski definition) is 5. The predicted octanol–water partition coefficient (Wildman–Crippen LogP) is 2.42. The molecule has 0 heterocycles. The number of carbonyl (C=O) groups excluding carboxylic acids is 2. The molecule has 0 saturated carbocycles. The van der Waals surface area contributed by atoms with Crippen molar-refractivity contribution in [2.75, 3.05) is 31.4 Å². The summed E-state index contributed by atoms with van der Waals surface area (Å²) >= 11 is 0.